The number of carbonyl (C=O) groups is 1. The highest BCUT2D eigenvalue weighted by atomic mass is 19.4. The summed E-state index contributed by atoms with van der Waals surface area (Å²) in [5, 5.41) is 2.85. The number of hydrogen-bond donors (Lipinski definition) is 1. The van der Waals surface area contributed by atoms with Crippen LogP contribution in [-0.4, -0.2) is 43.2 Å². The van der Waals surface area contributed by atoms with E-state index in [1.165, 1.54) is 14.2 Å². The van der Waals surface area contributed by atoms with Crippen LogP contribution < -0.4 is 19.7 Å². The lowest BCUT2D eigenvalue weighted by Crippen LogP contribution is -2.38. The Kier molecular flexibility index (Phi) is 6.09. The Hall–Kier alpha value is -3.04. The second-order valence-electron chi connectivity index (χ2n) is 6.58. The molecule has 29 heavy (non-hydrogen) atoms. The first-order valence-electron chi connectivity index (χ1n) is 8.99. The lowest BCUT2D eigenvalue weighted by Gasteiger charge is -2.32. The highest BCUT2D eigenvalue weighted by Gasteiger charge is 2.34. The van der Waals surface area contributed by atoms with Crippen LogP contribution in [0.5, 0.6) is 11.5 Å². The molecule has 0 aliphatic carbocycles. The van der Waals surface area contributed by atoms with E-state index in [4.69, 9.17) is 9.47 Å². The van der Waals surface area contributed by atoms with Gasteiger partial charge in [-0.05, 0) is 25.0 Å². The molecular weight excluding hydrogens is 389 g/mol. The molecule has 1 N–H and O–H groups in total. The second-order valence-corrected chi connectivity index (χ2v) is 6.58. The molecule has 0 bridgehead atoms. The van der Waals surface area contributed by atoms with Crippen molar-refractivity contribution < 1.29 is 27.4 Å². The molecule has 1 fully saturated rings. The van der Waals surface area contributed by atoms with E-state index in [9.17, 15) is 18.0 Å². The van der Waals surface area contributed by atoms with Crippen molar-refractivity contribution in [3.63, 3.8) is 0 Å². The van der Waals surface area contributed by atoms with Crippen LogP contribution in [0.2, 0.25) is 0 Å². The highest BCUT2D eigenvalue weighted by molar-refractivity contribution is 5.94. The van der Waals surface area contributed by atoms with Crippen molar-refractivity contribution in [1.29, 1.82) is 0 Å². The van der Waals surface area contributed by atoms with E-state index in [-0.39, 0.29) is 17.6 Å². The number of piperidine rings is 1. The van der Waals surface area contributed by atoms with Crippen LogP contribution >= 0.6 is 0 Å². The maximum absolute atomic E-state index is 12.8. The molecule has 2 aromatic rings. The largest absolute Gasteiger partial charge is 0.497 e. The average molecular weight is 410 g/mol. The average Bonchev–Trinajstić information content (AvgIpc) is 2.73. The topological polar surface area (TPSA) is 76.6 Å². The Morgan fingerprint density at radius 3 is 2.48 bits per heavy atom. The van der Waals surface area contributed by atoms with Crippen molar-refractivity contribution >= 4 is 17.4 Å². The molecule has 1 amide bonds. The van der Waals surface area contributed by atoms with E-state index in [1.807, 2.05) is 0 Å². The Labute approximate surface area is 165 Å². The minimum atomic E-state index is -4.52. The molecule has 1 aromatic heterocycles. The molecule has 7 nitrogen and oxygen atoms in total. The monoisotopic (exact) mass is 410 g/mol. The highest BCUT2D eigenvalue weighted by Crippen LogP contribution is 2.32. The third-order valence-electron chi connectivity index (χ3n) is 4.80. The number of ether oxygens (including phenoxy) is 2. The molecular formula is C19H21F3N4O3. The number of amides is 1. The van der Waals surface area contributed by atoms with E-state index in [2.05, 4.69) is 15.3 Å². The number of methoxy groups -OCH3 is 2. The second kappa shape index (κ2) is 8.54. The van der Waals surface area contributed by atoms with Crippen LogP contribution in [0.1, 0.15) is 18.5 Å². The summed E-state index contributed by atoms with van der Waals surface area (Å²) in [6.45, 7) is 0.846. The third kappa shape index (κ3) is 4.87. The van der Waals surface area contributed by atoms with Gasteiger partial charge < -0.3 is 19.7 Å². The minimum absolute atomic E-state index is 0.160. The van der Waals surface area contributed by atoms with Crippen molar-refractivity contribution in [3.05, 3.63) is 36.3 Å². The Morgan fingerprint density at radius 2 is 1.86 bits per heavy atom. The first-order chi connectivity index (χ1) is 13.8. The van der Waals surface area contributed by atoms with Crippen LogP contribution in [0.15, 0.2) is 30.6 Å². The van der Waals surface area contributed by atoms with Gasteiger partial charge in [0.15, 0.2) is 0 Å². The molecule has 0 unspecified atom stereocenters. The predicted molar refractivity (Wildman–Crippen MR) is 100 cm³/mol. The summed E-state index contributed by atoms with van der Waals surface area (Å²) in [7, 11) is 3.04. The van der Waals surface area contributed by atoms with Crippen molar-refractivity contribution in [3.8, 4) is 11.5 Å². The van der Waals surface area contributed by atoms with Gasteiger partial charge in [0.05, 0.1) is 19.9 Å². The van der Waals surface area contributed by atoms with Crippen LogP contribution in [0, 0.1) is 5.92 Å². The molecule has 10 heteroatoms. The van der Waals surface area contributed by atoms with Crippen LogP contribution in [0.4, 0.5) is 24.7 Å². The summed E-state index contributed by atoms with van der Waals surface area (Å²) in [5.41, 5.74) is -0.444. The van der Waals surface area contributed by atoms with Crippen LogP contribution in [0.25, 0.3) is 0 Å². The van der Waals surface area contributed by atoms with Gasteiger partial charge in [-0.1, -0.05) is 0 Å². The number of alkyl halides is 3. The van der Waals surface area contributed by atoms with E-state index in [1.54, 1.807) is 23.1 Å². The van der Waals surface area contributed by atoms with Crippen LogP contribution in [-0.2, 0) is 11.0 Å². The van der Waals surface area contributed by atoms with Crippen molar-refractivity contribution in [1.82, 2.24) is 9.97 Å². The van der Waals surface area contributed by atoms with Gasteiger partial charge in [0, 0.05) is 31.1 Å². The number of carbonyl (C=O) groups excluding carboxylic acids is 1. The fourth-order valence-electron chi connectivity index (χ4n) is 3.18. The predicted octanol–water partition coefficient (Wildman–Crippen LogP) is 3.37. The zero-order valence-electron chi connectivity index (χ0n) is 16.0. The summed E-state index contributed by atoms with van der Waals surface area (Å²) in [6.07, 6.45) is -2.62. The first kappa shape index (κ1) is 20.7. The fraction of sp³-hybridized carbons (Fsp3) is 0.421. The standard InChI is InChI=1S/C19H21F3N4O3/c1-28-13-3-4-14(15(9-13)29-2)25-18(27)12-5-7-26(8-6-12)17-10-16(19(20,21)22)23-11-24-17/h3-4,9-12H,5-8H2,1-2H3,(H,25,27). The van der Waals surface area contributed by atoms with Crippen molar-refractivity contribution in [2.24, 2.45) is 5.92 Å². The summed E-state index contributed by atoms with van der Waals surface area (Å²) < 4.78 is 48.9. The number of rotatable bonds is 5. The Balaban J connectivity index is 1.62. The molecule has 1 saturated heterocycles. The Morgan fingerprint density at radius 1 is 1.14 bits per heavy atom. The normalized spacial score (nSPS) is 15.1. The molecule has 2 heterocycles. The summed E-state index contributed by atoms with van der Waals surface area (Å²) in [5.74, 6) is 0.879. The van der Waals surface area contributed by atoms with Gasteiger partial charge in [-0.25, -0.2) is 9.97 Å². The third-order valence-corrected chi connectivity index (χ3v) is 4.80. The number of nitrogens with one attached hydrogen (secondary N) is 1. The number of anilines is 2. The molecule has 1 aliphatic rings. The lowest BCUT2D eigenvalue weighted by atomic mass is 9.95. The van der Waals surface area contributed by atoms with Crippen molar-refractivity contribution in [2.75, 3.05) is 37.5 Å². The number of nitrogens with zero attached hydrogens (tertiary/aromatic N) is 3. The lowest BCUT2D eigenvalue weighted by molar-refractivity contribution is -0.141. The summed E-state index contributed by atoms with van der Waals surface area (Å²) in [4.78, 5) is 21.6. The number of hydrogen-bond acceptors (Lipinski definition) is 6. The number of aromatic nitrogens is 2. The van der Waals surface area contributed by atoms with Gasteiger partial charge in [-0.2, -0.15) is 13.2 Å². The van der Waals surface area contributed by atoms with Gasteiger partial charge in [0.1, 0.15) is 29.3 Å². The first-order valence-corrected chi connectivity index (χ1v) is 8.99. The molecule has 3 rings (SSSR count). The van der Waals surface area contributed by atoms with Gasteiger partial charge >= 0.3 is 6.18 Å². The maximum Gasteiger partial charge on any atom is 0.433 e. The van der Waals surface area contributed by atoms with Gasteiger partial charge in [-0.3, -0.25) is 4.79 Å². The van der Waals surface area contributed by atoms with E-state index in [0.717, 1.165) is 12.4 Å². The number of benzene rings is 1. The smallest absolute Gasteiger partial charge is 0.433 e. The van der Waals surface area contributed by atoms with Gasteiger partial charge in [0.2, 0.25) is 5.91 Å². The zero-order chi connectivity index (χ0) is 21.0. The number of halogens is 3. The maximum atomic E-state index is 12.8. The van der Waals surface area contributed by atoms with Crippen molar-refractivity contribution in [2.45, 2.75) is 19.0 Å². The van der Waals surface area contributed by atoms with E-state index >= 15 is 0 Å². The molecule has 0 atom stereocenters. The summed E-state index contributed by atoms with van der Waals surface area (Å²) >= 11 is 0. The minimum Gasteiger partial charge on any atom is -0.497 e. The van der Waals surface area contributed by atoms with Crippen LogP contribution in [0.3, 0.4) is 0 Å². The molecule has 0 spiro atoms. The Bertz CT molecular complexity index is 868. The van der Waals surface area contributed by atoms with Gasteiger partial charge in [0.25, 0.3) is 0 Å². The zero-order valence-corrected chi connectivity index (χ0v) is 16.0. The fourth-order valence-corrected chi connectivity index (χ4v) is 3.18. The SMILES string of the molecule is COc1ccc(NC(=O)C2CCN(c3cc(C(F)(F)F)ncn3)CC2)c(OC)c1. The molecule has 1 aromatic carbocycles. The quantitative estimate of drug-likeness (QED) is 0.815. The van der Waals surface area contributed by atoms with E-state index < -0.39 is 11.9 Å². The molecule has 0 saturated carbocycles. The summed E-state index contributed by atoms with van der Waals surface area (Å²) in [6, 6.07) is 6.02. The van der Waals surface area contributed by atoms with E-state index in [0.29, 0.717) is 43.1 Å². The molecule has 0 radical (unpaired) electrons. The molecule has 156 valence electrons. The van der Waals surface area contributed by atoms with Gasteiger partial charge in [-0.15, -0.1) is 0 Å². The molecule has 1 aliphatic heterocycles.